The topological polar surface area (TPSA) is 144 Å². The SMILES string of the molecule is Cc1c(=O)n(C)c(Nc2ccc(I)cc2F)c2c(=O)n(CC(=O)O)c(=O)n(-c3cccc(C(=O)NC4CC4)c3)c12. The lowest BCUT2D eigenvalue weighted by Crippen LogP contribution is -2.43. The van der Waals surface area contributed by atoms with Crippen LogP contribution in [0, 0.1) is 16.3 Å². The Balaban J connectivity index is 1.86. The smallest absolute Gasteiger partial charge is 0.336 e. The average Bonchev–Trinajstić information content (AvgIpc) is 3.73. The van der Waals surface area contributed by atoms with Crippen molar-refractivity contribution in [1.82, 2.24) is 19.0 Å². The molecule has 0 spiro atoms. The van der Waals surface area contributed by atoms with E-state index in [1.807, 2.05) is 22.6 Å². The number of nitrogens with one attached hydrogen (secondary N) is 2. The number of carboxylic acid groups (broad SMARTS) is 1. The molecule has 0 radical (unpaired) electrons. The van der Waals surface area contributed by atoms with E-state index in [1.54, 1.807) is 18.2 Å². The second-order valence-corrected chi connectivity index (χ2v) is 10.8. The van der Waals surface area contributed by atoms with E-state index < -0.39 is 35.1 Å². The summed E-state index contributed by atoms with van der Waals surface area (Å²) in [7, 11) is 1.38. The highest BCUT2D eigenvalue weighted by Crippen LogP contribution is 2.27. The normalized spacial score (nSPS) is 12.9. The molecule has 0 aliphatic heterocycles. The first-order chi connectivity index (χ1) is 19.0. The molecular formula is C27H23FIN5O6. The van der Waals surface area contributed by atoms with E-state index in [4.69, 9.17) is 0 Å². The van der Waals surface area contributed by atoms with Crippen LogP contribution >= 0.6 is 22.6 Å². The zero-order valence-corrected chi connectivity index (χ0v) is 23.5. The van der Waals surface area contributed by atoms with Gasteiger partial charge in [-0.3, -0.25) is 28.3 Å². The van der Waals surface area contributed by atoms with Crippen LogP contribution < -0.4 is 27.4 Å². The summed E-state index contributed by atoms with van der Waals surface area (Å²) in [6.07, 6.45) is 1.74. The molecule has 2 heterocycles. The fourth-order valence-electron chi connectivity index (χ4n) is 4.50. The summed E-state index contributed by atoms with van der Waals surface area (Å²) in [6, 6.07) is 10.4. The first kappa shape index (κ1) is 27.3. The van der Waals surface area contributed by atoms with E-state index in [-0.39, 0.29) is 51.2 Å². The molecule has 1 aliphatic carbocycles. The van der Waals surface area contributed by atoms with E-state index in [0.29, 0.717) is 8.14 Å². The third-order valence-corrected chi connectivity index (χ3v) is 7.32. The van der Waals surface area contributed by atoms with Gasteiger partial charge in [0.15, 0.2) is 0 Å². The minimum atomic E-state index is -1.44. The van der Waals surface area contributed by atoms with Crippen molar-refractivity contribution in [2.24, 2.45) is 7.05 Å². The molecule has 13 heteroatoms. The van der Waals surface area contributed by atoms with Gasteiger partial charge in [0, 0.05) is 27.8 Å². The number of rotatable bonds is 7. The van der Waals surface area contributed by atoms with E-state index in [1.165, 1.54) is 38.2 Å². The lowest BCUT2D eigenvalue weighted by molar-refractivity contribution is -0.137. The number of pyridine rings is 1. The second kappa shape index (κ2) is 10.4. The number of benzene rings is 2. The molecule has 5 rings (SSSR count). The van der Waals surface area contributed by atoms with Crippen LogP contribution in [0.5, 0.6) is 0 Å². The fraction of sp³-hybridized carbons (Fsp3) is 0.222. The maximum atomic E-state index is 14.8. The molecule has 1 fully saturated rings. The van der Waals surface area contributed by atoms with Gasteiger partial charge >= 0.3 is 11.7 Å². The summed E-state index contributed by atoms with van der Waals surface area (Å²) in [5, 5.41) is 15.0. The van der Waals surface area contributed by atoms with Crippen molar-refractivity contribution in [2.45, 2.75) is 32.4 Å². The molecule has 4 aromatic rings. The van der Waals surface area contributed by atoms with Gasteiger partial charge in [-0.05, 0) is 78.8 Å². The van der Waals surface area contributed by atoms with Gasteiger partial charge in [-0.25, -0.2) is 13.8 Å². The summed E-state index contributed by atoms with van der Waals surface area (Å²) in [5.41, 5.74) is -2.30. The van der Waals surface area contributed by atoms with Crippen molar-refractivity contribution in [1.29, 1.82) is 0 Å². The van der Waals surface area contributed by atoms with Crippen molar-refractivity contribution in [3.05, 3.63) is 94.2 Å². The molecule has 2 aromatic carbocycles. The number of amides is 1. The van der Waals surface area contributed by atoms with Crippen LogP contribution in [-0.4, -0.2) is 36.7 Å². The molecule has 0 saturated heterocycles. The van der Waals surface area contributed by atoms with Crippen molar-refractivity contribution in [3.63, 3.8) is 0 Å². The predicted molar refractivity (Wildman–Crippen MR) is 154 cm³/mol. The van der Waals surface area contributed by atoms with Crippen molar-refractivity contribution in [3.8, 4) is 5.69 Å². The molecule has 1 saturated carbocycles. The number of aliphatic carboxylic acids is 1. The van der Waals surface area contributed by atoms with E-state index in [9.17, 15) is 33.5 Å². The standard InChI is InChI=1S/C27H23FIN5O6/c1-13-22-21(23(32(2)25(13)38)31-19-9-6-15(29)11-18(19)28)26(39)33(12-20(35)36)27(40)34(22)17-5-3-4-14(10-17)24(37)30-16-7-8-16/h3-6,9-11,16,31H,7-8,12H2,1-2H3,(H,30,37)(H,35,36). The number of aryl methyl sites for hydroxylation is 1. The van der Waals surface area contributed by atoms with Crippen LogP contribution in [0.15, 0.2) is 56.8 Å². The monoisotopic (exact) mass is 659 g/mol. The summed E-state index contributed by atoms with van der Waals surface area (Å²) >= 11 is 1.94. The van der Waals surface area contributed by atoms with Gasteiger partial charge in [0.1, 0.15) is 23.6 Å². The first-order valence-corrected chi connectivity index (χ1v) is 13.3. The van der Waals surface area contributed by atoms with Gasteiger partial charge in [-0.1, -0.05) is 6.07 Å². The summed E-state index contributed by atoms with van der Waals surface area (Å²) in [4.78, 5) is 65.2. The Morgan fingerprint density at radius 1 is 1.10 bits per heavy atom. The number of halogens is 2. The van der Waals surface area contributed by atoms with Gasteiger partial charge in [-0.2, -0.15) is 0 Å². The third kappa shape index (κ3) is 4.92. The van der Waals surface area contributed by atoms with Crippen LogP contribution in [0.25, 0.3) is 16.6 Å². The quantitative estimate of drug-likeness (QED) is 0.259. The van der Waals surface area contributed by atoms with Crippen molar-refractivity contribution < 1.29 is 19.1 Å². The Kier molecular flexibility index (Phi) is 7.08. The van der Waals surface area contributed by atoms with Gasteiger partial charge in [0.05, 0.1) is 16.9 Å². The molecule has 1 amide bonds. The number of hydrogen-bond donors (Lipinski definition) is 3. The van der Waals surface area contributed by atoms with E-state index in [2.05, 4.69) is 10.6 Å². The zero-order chi connectivity index (χ0) is 28.9. The van der Waals surface area contributed by atoms with Crippen LogP contribution in [0.4, 0.5) is 15.9 Å². The number of carbonyl (C=O) groups excluding carboxylic acids is 1. The number of aromatic nitrogens is 3. The Morgan fingerprint density at radius 3 is 2.48 bits per heavy atom. The lowest BCUT2D eigenvalue weighted by Gasteiger charge is -2.20. The molecule has 1 aliphatic rings. The van der Waals surface area contributed by atoms with Crippen LogP contribution in [0.1, 0.15) is 28.8 Å². The summed E-state index contributed by atoms with van der Waals surface area (Å²) in [6.45, 7) is 0.467. The molecule has 40 heavy (non-hydrogen) atoms. The molecule has 11 nitrogen and oxygen atoms in total. The number of carboxylic acids is 1. The van der Waals surface area contributed by atoms with Gasteiger partial charge in [0.2, 0.25) is 0 Å². The largest absolute Gasteiger partial charge is 0.480 e. The number of anilines is 2. The number of fused-ring (bicyclic) bond motifs is 1. The van der Waals surface area contributed by atoms with Crippen molar-refractivity contribution in [2.75, 3.05) is 5.32 Å². The number of hydrogen-bond acceptors (Lipinski definition) is 6. The van der Waals surface area contributed by atoms with Crippen LogP contribution in [-0.2, 0) is 18.4 Å². The van der Waals surface area contributed by atoms with Crippen LogP contribution in [0.3, 0.4) is 0 Å². The highest BCUT2D eigenvalue weighted by molar-refractivity contribution is 14.1. The predicted octanol–water partition coefficient (Wildman–Crippen LogP) is 2.62. The van der Waals surface area contributed by atoms with E-state index in [0.717, 1.165) is 22.0 Å². The third-order valence-electron chi connectivity index (χ3n) is 6.65. The molecule has 2 aromatic heterocycles. The minimum absolute atomic E-state index is 0.0237. The Labute approximate surface area is 239 Å². The maximum Gasteiger partial charge on any atom is 0.336 e. The Morgan fingerprint density at radius 2 is 1.82 bits per heavy atom. The first-order valence-electron chi connectivity index (χ1n) is 12.2. The van der Waals surface area contributed by atoms with Crippen LogP contribution in [0.2, 0.25) is 0 Å². The molecule has 0 atom stereocenters. The van der Waals surface area contributed by atoms with Crippen molar-refractivity contribution >= 4 is 56.9 Å². The molecule has 3 N–H and O–H groups in total. The Bertz CT molecular complexity index is 1910. The number of nitrogens with zero attached hydrogens (tertiary/aromatic N) is 3. The molecule has 0 unspecified atom stereocenters. The fourth-order valence-corrected chi connectivity index (χ4v) is 4.96. The summed E-state index contributed by atoms with van der Waals surface area (Å²) in [5.74, 6) is -2.58. The number of carbonyl (C=O) groups is 2. The Hall–Kier alpha value is -4.27. The summed E-state index contributed by atoms with van der Waals surface area (Å²) < 4.78 is 18.1. The zero-order valence-electron chi connectivity index (χ0n) is 21.3. The highest BCUT2D eigenvalue weighted by atomic mass is 127. The van der Waals surface area contributed by atoms with E-state index >= 15 is 0 Å². The highest BCUT2D eigenvalue weighted by Gasteiger charge is 2.26. The average molecular weight is 659 g/mol. The minimum Gasteiger partial charge on any atom is -0.480 e. The van der Waals surface area contributed by atoms with Gasteiger partial charge in [-0.15, -0.1) is 0 Å². The maximum absolute atomic E-state index is 14.8. The lowest BCUT2D eigenvalue weighted by atomic mass is 10.1. The van der Waals surface area contributed by atoms with Gasteiger partial charge in [0.25, 0.3) is 17.0 Å². The second-order valence-electron chi connectivity index (χ2n) is 9.51. The molecule has 0 bridgehead atoms. The molecule has 206 valence electrons. The van der Waals surface area contributed by atoms with Gasteiger partial charge < -0.3 is 15.7 Å². The molecular weight excluding hydrogens is 636 g/mol.